The SMILES string of the molecule is CC(C)(O)c1ccc(N2CC=C(NS(=O)(=O)CCc3ccc(Cl)s3)C2=O)c(F)c1. The van der Waals surface area contributed by atoms with Crippen LogP contribution in [0.1, 0.15) is 24.3 Å². The number of carbonyl (C=O) groups is 1. The average Bonchev–Trinajstić information content (AvgIpc) is 3.19. The maximum Gasteiger partial charge on any atom is 0.275 e. The van der Waals surface area contributed by atoms with Crippen molar-refractivity contribution in [3.8, 4) is 0 Å². The summed E-state index contributed by atoms with van der Waals surface area (Å²) >= 11 is 7.14. The van der Waals surface area contributed by atoms with Crippen LogP contribution < -0.4 is 9.62 Å². The van der Waals surface area contributed by atoms with Gasteiger partial charge >= 0.3 is 0 Å². The van der Waals surface area contributed by atoms with E-state index < -0.39 is 27.3 Å². The number of aliphatic hydroxyl groups is 1. The van der Waals surface area contributed by atoms with Gasteiger partial charge in [0.05, 0.1) is 21.4 Å². The Morgan fingerprint density at radius 3 is 2.62 bits per heavy atom. The molecule has 1 aromatic heterocycles. The van der Waals surface area contributed by atoms with Crippen LogP contribution in [-0.4, -0.2) is 31.7 Å². The summed E-state index contributed by atoms with van der Waals surface area (Å²) in [6.45, 7) is 3.10. The van der Waals surface area contributed by atoms with Gasteiger partial charge in [0.2, 0.25) is 10.0 Å². The number of hydrogen-bond acceptors (Lipinski definition) is 5. The fourth-order valence-electron chi connectivity index (χ4n) is 2.84. The molecule has 0 fully saturated rings. The molecular formula is C19H20ClFN2O4S2. The zero-order valence-electron chi connectivity index (χ0n) is 15.8. The second-order valence-corrected chi connectivity index (χ2v) is 10.8. The van der Waals surface area contributed by atoms with E-state index >= 15 is 0 Å². The van der Waals surface area contributed by atoms with Crippen molar-refractivity contribution in [2.24, 2.45) is 0 Å². The molecule has 10 heteroatoms. The Hall–Kier alpha value is -1.94. The molecule has 0 spiro atoms. The van der Waals surface area contributed by atoms with E-state index in [1.54, 1.807) is 12.1 Å². The molecule has 1 aromatic carbocycles. The van der Waals surface area contributed by atoms with E-state index in [0.29, 0.717) is 9.90 Å². The Balaban J connectivity index is 1.67. The third-order valence-corrected chi connectivity index (χ3v) is 6.97. The molecule has 29 heavy (non-hydrogen) atoms. The third kappa shape index (κ3) is 5.16. The average molecular weight is 459 g/mol. The highest BCUT2D eigenvalue weighted by Gasteiger charge is 2.30. The second kappa shape index (κ2) is 8.06. The van der Waals surface area contributed by atoms with Gasteiger partial charge in [0.1, 0.15) is 11.5 Å². The molecule has 2 N–H and O–H groups in total. The lowest BCUT2D eigenvalue weighted by atomic mass is 9.98. The molecule has 2 heterocycles. The quantitative estimate of drug-likeness (QED) is 0.667. The minimum atomic E-state index is -3.76. The predicted molar refractivity (Wildman–Crippen MR) is 112 cm³/mol. The molecule has 0 bridgehead atoms. The molecule has 0 radical (unpaired) electrons. The van der Waals surface area contributed by atoms with Gasteiger partial charge < -0.3 is 10.0 Å². The minimum Gasteiger partial charge on any atom is -0.386 e. The van der Waals surface area contributed by atoms with Crippen molar-refractivity contribution >= 4 is 44.6 Å². The molecule has 0 saturated heterocycles. The molecule has 156 valence electrons. The van der Waals surface area contributed by atoms with Crippen LogP contribution in [0.4, 0.5) is 10.1 Å². The van der Waals surface area contributed by atoms with E-state index in [-0.39, 0.29) is 30.1 Å². The summed E-state index contributed by atoms with van der Waals surface area (Å²) in [7, 11) is -3.76. The van der Waals surface area contributed by atoms with Crippen molar-refractivity contribution in [1.82, 2.24) is 4.72 Å². The largest absolute Gasteiger partial charge is 0.386 e. The van der Waals surface area contributed by atoms with E-state index in [4.69, 9.17) is 11.6 Å². The number of anilines is 1. The standard InChI is InChI=1S/C19H20ClFN2O4S2/c1-19(2,25)12-3-5-16(14(21)11-12)23-9-7-15(18(23)24)22-29(26,27)10-8-13-4-6-17(20)28-13/h3-7,11,22,25H,8-10H2,1-2H3. The molecule has 1 aliphatic heterocycles. The smallest absolute Gasteiger partial charge is 0.275 e. The number of amides is 1. The van der Waals surface area contributed by atoms with E-state index in [1.807, 2.05) is 0 Å². The van der Waals surface area contributed by atoms with Gasteiger partial charge in [-0.05, 0) is 56.2 Å². The predicted octanol–water partition coefficient (Wildman–Crippen LogP) is 3.16. The number of hydrogen-bond donors (Lipinski definition) is 2. The summed E-state index contributed by atoms with van der Waals surface area (Å²) in [5.41, 5.74) is -0.949. The van der Waals surface area contributed by atoms with Crippen LogP contribution in [0.15, 0.2) is 42.1 Å². The van der Waals surface area contributed by atoms with Gasteiger partial charge in [-0.25, -0.2) is 12.8 Å². The number of carbonyl (C=O) groups excluding carboxylic acids is 1. The summed E-state index contributed by atoms with van der Waals surface area (Å²) in [6.07, 6.45) is 1.68. The fraction of sp³-hybridized carbons (Fsp3) is 0.316. The van der Waals surface area contributed by atoms with Crippen molar-refractivity contribution in [3.63, 3.8) is 0 Å². The van der Waals surface area contributed by atoms with Crippen molar-refractivity contribution in [2.75, 3.05) is 17.2 Å². The molecule has 6 nitrogen and oxygen atoms in total. The van der Waals surface area contributed by atoms with Crippen molar-refractivity contribution in [2.45, 2.75) is 25.9 Å². The van der Waals surface area contributed by atoms with Crippen molar-refractivity contribution in [1.29, 1.82) is 0 Å². The van der Waals surface area contributed by atoms with Crippen LogP contribution in [0, 0.1) is 5.82 Å². The molecule has 1 amide bonds. The van der Waals surface area contributed by atoms with Crippen LogP contribution >= 0.6 is 22.9 Å². The third-order valence-electron chi connectivity index (χ3n) is 4.41. The van der Waals surface area contributed by atoms with E-state index in [9.17, 15) is 22.7 Å². The minimum absolute atomic E-state index is 0.0154. The first-order valence-electron chi connectivity index (χ1n) is 8.75. The molecule has 0 saturated carbocycles. The molecule has 2 aromatic rings. The van der Waals surface area contributed by atoms with Gasteiger partial charge in [0, 0.05) is 11.4 Å². The number of nitrogens with one attached hydrogen (secondary N) is 1. The van der Waals surface area contributed by atoms with E-state index in [0.717, 1.165) is 15.8 Å². The number of halogens is 2. The van der Waals surface area contributed by atoms with E-state index in [1.165, 1.54) is 43.4 Å². The van der Waals surface area contributed by atoms with Gasteiger partial charge in [-0.1, -0.05) is 17.7 Å². The normalized spacial score (nSPS) is 15.0. The van der Waals surface area contributed by atoms with Gasteiger partial charge in [-0.2, -0.15) is 0 Å². The highest BCUT2D eigenvalue weighted by molar-refractivity contribution is 7.89. The Kier molecular flexibility index (Phi) is 6.05. The molecule has 3 rings (SSSR count). The lowest BCUT2D eigenvalue weighted by Gasteiger charge is -2.22. The van der Waals surface area contributed by atoms with Crippen LogP contribution in [0.25, 0.3) is 0 Å². The first-order valence-corrected chi connectivity index (χ1v) is 11.6. The lowest BCUT2D eigenvalue weighted by Crippen LogP contribution is -2.35. The molecule has 0 aliphatic carbocycles. The lowest BCUT2D eigenvalue weighted by molar-refractivity contribution is -0.114. The van der Waals surface area contributed by atoms with Crippen molar-refractivity contribution < 1.29 is 22.7 Å². The number of thiophene rings is 1. The summed E-state index contributed by atoms with van der Waals surface area (Å²) in [5.74, 6) is -1.52. The summed E-state index contributed by atoms with van der Waals surface area (Å²) in [6, 6.07) is 7.54. The maximum atomic E-state index is 14.5. The number of aryl methyl sites for hydroxylation is 1. The Bertz CT molecular complexity index is 1070. The van der Waals surface area contributed by atoms with Gasteiger partial charge in [0.25, 0.3) is 5.91 Å². The molecular weight excluding hydrogens is 439 g/mol. The Labute approximate surface area is 177 Å². The van der Waals surface area contributed by atoms with Crippen LogP contribution in [0.5, 0.6) is 0 Å². The number of nitrogens with zero attached hydrogens (tertiary/aromatic N) is 1. The fourth-order valence-corrected chi connectivity index (χ4v) is 5.15. The second-order valence-electron chi connectivity index (χ2n) is 7.14. The first-order chi connectivity index (χ1) is 13.5. The molecule has 1 aliphatic rings. The Morgan fingerprint density at radius 1 is 1.31 bits per heavy atom. The number of rotatable bonds is 7. The first kappa shape index (κ1) is 21.8. The van der Waals surface area contributed by atoms with Gasteiger partial charge in [0.15, 0.2) is 0 Å². The Morgan fingerprint density at radius 2 is 2.03 bits per heavy atom. The highest BCUT2D eigenvalue weighted by atomic mass is 35.5. The van der Waals surface area contributed by atoms with Gasteiger partial charge in [-0.15, -0.1) is 11.3 Å². The zero-order chi connectivity index (χ0) is 21.4. The highest BCUT2D eigenvalue weighted by Crippen LogP contribution is 2.29. The summed E-state index contributed by atoms with van der Waals surface area (Å²) < 4.78 is 42.0. The van der Waals surface area contributed by atoms with Crippen LogP contribution in [0.3, 0.4) is 0 Å². The van der Waals surface area contributed by atoms with Crippen LogP contribution in [-0.2, 0) is 26.8 Å². The number of sulfonamides is 1. The zero-order valence-corrected chi connectivity index (χ0v) is 18.2. The van der Waals surface area contributed by atoms with Crippen LogP contribution in [0.2, 0.25) is 4.34 Å². The summed E-state index contributed by atoms with van der Waals surface area (Å²) in [5, 5.41) is 9.98. The molecule has 0 unspecified atom stereocenters. The monoisotopic (exact) mass is 458 g/mol. The number of benzene rings is 1. The topological polar surface area (TPSA) is 86.7 Å². The van der Waals surface area contributed by atoms with Gasteiger partial charge in [-0.3, -0.25) is 9.52 Å². The van der Waals surface area contributed by atoms with E-state index in [2.05, 4.69) is 4.72 Å². The van der Waals surface area contributed by atoms with Crippen molar-refractivity contribution in [3.05, 3.63) is 62.7 Å². The summed E-state index contributed by atoms with van der Waals surface area (Å²) in [4.78, 5) is 14.6. The molecule has 0 atom stereocenters. The maximum absolute atomic E-state index is 14.5.